The fourth-order valence-corrected chi connectivity index (χ4v) is 3.41. The number of nitrogens with zero attached hydrogens (tertiary/aromatic N) is 2. The van der Waals surface area contributed by atoms with Crippen LogP contribution in [-0.2, 0) is 6.42 Å². The highest BCUT2D eigenvalue weighted by atomic mass is 15.2. The van der Waals surface area contributed by atoms with Gasteiger partial charge < -0.3 is 10.6 Å². The highest BCUT2D eigenvalue weighted by Gasteiger charge is 2.25. The van der Waals surface area contributed by atoms with Gasteiger partial charge in [-0.2, -0.15) is 0 Å². The summed E-state index contributed by atoms with van der Waals surface area (Å²) >= 11 is 0. The van der Waals surface area contributed by atoms with E-state index in [2.05, 4.69) is 54.1 Å². The van der Waals surface area contributed by atoms with Gasteiger partial charge in [-0.3, -0.25) is 4.90 Å². The van der Waals surface area contributed by atoms with Gasteiger partial charge in [0.15, 0.2) is 0 Å². The Morgan fingerprint density at radius 3 is 2.48 bits per heavy atom. The van der Waals surface area contributed by atoms with Crippen molar-refractivity contribution in [2.45, 2.75) is 44.7 Å². The lowest BCUT2D eigenvalue weighted by atomic mass is 9.98. The van der Waals surface area contributed by atoms with Gasteiger partial charge in [0.1, 0.15) is 0 Å². The molecule has 1 atom stereocenters. The van der Waals surface area contributed by atoms with Crippen molar-refractivity contribution in [2.24, 2.45) is 5.73 Å². The van der Waals surface area contributed by atoms with Crippen LogP contribution >= 0.6 is 0 Å². The number of piperidine rings is 1. The highest BCUT2D eigenvalue weighted by Crippen LogP contribution is 2.19. The second-order valence-electron chi connectivity index (χ2n) is 6.24. The smallest absolute Gasteiger partial charge is 0.0221 e. The molecule has 0 spiro atoms. The molecule has 1 aliphatic rings. The van der Waals surface area contributed by atoms with Gasteiger partial charge in [-0.05, 0) is 57.9 Å². The Balaban J connectivity index is 1.82. The second-order valence-corrected chi connectivity index (χ2v) is 6.24. The van der Waals surface area contributed by atoms with Gasteiger partial charge >= 0.3 is 0 Å². The van der Waals surface area contributed by atoms with Crippen LogP contribution in [0.4, 0.5) is 0 Å². The molecule has 1 saturated heterocycles. The molecule has 1 aromatic rings. The van der Waals surface area contributed by atoms with Crippen molar-refractivity contribution in [1.82, 2.24) is 9.80 Å². The van der Waals surface area contributed by atoms with E-state index in [9.17, 15) is 0 Å². The molecule has 118 valence electrons. The van der Waals surface area contributed by atoms with Gasteiger partial charge in [-0.1, -0.05) is 37.3 Å². The third kappa shape index (κ3) is 4.80. The Morgan fingerprint density at radius 2 is 1.90 bits per heavy atom. The van der Waals surface area contributed by atoms with E-state index in [1.54, 1.807) is 0 Å². The largest absolute Gasteiger partial charge is 0.329 e. The molecule has 1 fully saturated rings. The first kappa shape index (κ1) is 16.5. The summed E-state index contributed by atoms with van der Waals surface area (Å²) in [7, 11) is 2.27. The predicted octanol–water partition coefficient (Wildman–Crippen LogP) is 2.36. The van der Waals surface area contributed by atoms with Crippen molar-refractivity contribution in [3.8, 4) is 0 Å². The maximum Gasteiger partial charge on any atom is 0.0221 e. The van der Waals surface area contributed by atoms with Crippen molar-refractivity contribution in [1.29, 1.82) is 0 Å². The summed E-state index contributed by atoms with van der Waals surface area (Å²) in [5.74, 6) is 0. The van der Waals surface area contributed by atoms with E-state index in [0.29, 0.717) is 12.1 Å². The topological polar surface area (TPSA) is 32.5 Å². The molecule has 0 aromatic heterocycles. The first-order chi connectivity index (χ1) is 10.2. The summed E-state index contributed by atoms with van der Waals surface area (Å²) in [6, 6.07) is 12.0. The maximum atomic E-state index is 6.05. The zero-order valence-electron chi connectivity index (χ0n) is 13.7. The minimum absolute atomic E-state index is 0.503. The predicted molar refractivity (Wildman–Crippen MR) is 90.5 cm³/mol. The summed E-state index contributed by atoms with van der Waals surface area (Å²) in [6.07, 6.45) is 4.85. The number of hydrogen-bond donors (Lipinski definition) is 1. The number of benzene rings is 1. The highest BCUT2D eigenvalue weighted by molar-refractivity contribution is 5.14. The normalized spacial score (nSPS) is 19.0. The van der Waals surface area contributed by atoms with Gasteiger partial charge in [0, 0.05) is 18.6 Å². The molecular weight excluding hydrogens is 258 g/mol. The van der Waals surface area contributed by atoms with Crippen molar-refractivity contribution in [2.75, 3.05) is 33.2 Å². The Kier molecular flexibility index (Phi) is 6.68. The molecular formula is C18H31N3. The Morgan fingerprint density at radius 1 is 1.24 bits per heavy atom. The minimum Gasteiger partial charge on any atom is -0.329 e. The fourth-order valence-electron chi connectivity index (χ4n) is 3.41. The van der Waals surface area contributed by atoms with E-state index < -0.39 is 0 Å². The molecule has 1 unspecified atom stereocenters. The lowest BCUT2D eigenvalue weighted by Crippen LogP contribution is -2.49. The molecule has 0 amide bonds. The third-order valence-corrected chi connectivity index (χ3v) is 5.04. The Hall–Kier alpha value is -0.900. The van der Waals surface area contributed by atoms with Gasteiger partial charge in [-0.15, -0.1) is 0 Å². The fraction of sp³-hybridized carbons (Fsp3) is 0.667. The summed E-state index contributed by atoms with van der Waals surface area (Å²) in [4.78, 5) is 5.10. The number of rotatable bonds is 7. The van der Waals surface area contributed by atoms with E-state index in [-0.39, 0.29) is 0 Å². The number of aryl methyl sites for hydroxylation is 1. The quantitative estimate of drug-likeness (QED) is 0.836. The average Bonchev–Trinajstić information content (AvgIpc) is 2.56. The van der Waals surface area contributed by atoms with Crippen LogP contribution in [0.15, 0.2) is 30.3 Å². The standard InChI is InChI=1S/C18H31N3/c1-3-21-13-11-17(12-14-21)20(2)18(15-19)10-9-16-7-5-4-6-8-16/h4-8,17-18H,3,9-15,19H2,1-2H3. The number of hydrogen-bond acceptors (Lipinski definition) is 3. The monoisotopic (exact) mass is 289 g/mol. The molecule has 1 aromatic carbocycles. The SMILES string of the molecule is CCN1CCC(N(C)C(CN)CCc2ccccc2)CC1. The number of likely N-dealkylation sites (N-methyl/N-ethyl adjacent to an activating group) is 1. The molecule has 3 nitrogen and oxygen atoms in total. The van der Waals surface area contributed by atoms with E-state index in [1.807, 2.05) is 0 Å². The van der Waals surface area contributed by atoms with Crippen molar-refractivity contribution < 1.29 is 0 Å². The van der Waals surface area contributed by atoms with Crippen LogP contribution in [0.2, 0.25) is 0 Å². The average molecular weight is 289 g/mol. The van der Waals surface area contributed by atoms with Crippen molar-refractivity contribution in [3.63, 3.8) is 0 Å². The number of nitrogens with two attached hydrogens (primary N) is 1. The maximum absolute atomic E-state index is 6.05. The molecule has 0 radical (unpaired) electrons. The summed E-state index contributed by atoms with van der Waals surface area (Å²) in [6.45, 7) is 6.68. The molecule has 1 aliphatic heterocycles. The first-order valence-corrected chi connectivity index (χ1v) is 8.42. The summed E-state index contributed by atoms with van der Waals surface area (Å²) in [5, 5.41) is 0. The molecule has 0 aliphatic carbocycles. The van der Waals surface area contributed by atoms with Crippen LogP contribution < -0.4 is 5.73 Å². The molecule has 1 heterocycles. The zero-order chi connectivity index (χ0) is 15.1. The van der Waals surface area contributed by atoms with Crippen molar-refractivity contribution in [3.05, 3.63) is 35.9 Å². The molecule has 2 N–H and O–H groups in total. The van der Waals surface area contributed by atoms with Crippen molar-refractivity contribution >= 4 is 0 Å². The summed E-state index contributed by atoms with van der Waals surface area (Å²) < 4.78 is 0. The zero-order valence-corrected chi connectivity index (χ0v) is 13.7. The van der Waals surface area contributed by atoms with E-state index in [4.69, 9.17) is 5.73 Å². The molecule has 3 heteroatoms. The van der Waals surface area contributed by atoms with E-state index in [0.717, 1.165) is 19.4 Å². The minimum atomic E-state index is 0.503. The molecule has 0 saturated carbocycles. The van der Waals surface area contributed by atoms with Gasteiger partial charge in [0.2, 0.25) is 0 Å². The lowest BCUT2D eigenvalue weighted by molar-refractivity contribution is 0.0975. The van der Waals surface area contributed by atoms with Gasteiger partial charge in [-0.25, -0.2) is 0 Å². The second kappa shape index (κ2) is 8.52. The lowest BCUT2D eigenvalue weighted by Gasteiger charge is -2.40. The van der Waals surface area contributed by atoms with E-state index in [1.165, 1.54) is 38.0 Å². The van der Waals surface area contributed by atoms with Crippen LogP contribution in [-0.4, -0.2) is 55.1 Å². The van der Waals surface area contributed by atoms with Crippen LogP contribution in [0.5, 0.6) is 0 Å². The van der Waals surface area contributed by atoms with Crippen LogP contribution in [0.25, 0.3) is 0 Å². The van der Waals surface area contributed by atoms with Crippen LogP contribution in [0, 0.1) is 0 Å². The van der Waals surface area contributed by atoms with Crippen LogP contribution in [0.1, 0.15) is 31.7 Å². The summed E-state index contributed by atoms with van der Waals surface area (Å²) in [5.41, 5.74) is 7.47. The van der Waals surface area contributed by atoms with E-state index >= 15 is 0 Å². The molecule has 2 rings (SSSR count). The molecule has 21 heavy (non-hydrogen) atoms. The van der Waals surface area contributed by atoms with Gasteiger partial charge in [0.25, 0.3) is 0 Å². The third-order valence-electron chi connectivity index (χ3n) is 5.04. The number of likely N-dealkylation sites (tertiary alicyclic amines) is 1. The Bertz CT molecular complexity index is 385. The van der Waals surface area contributed by atoms with Gasteiger partial charge in [0.05, 0.1) is 0 Å². The van der Waals surface area contributed by atoms with Crippen LogP contribution in [0.3, 0.4) is 0 Å². The Labute approximate surface area is 130 Å². The first-order valence-electron chi connectivity index (χ1n) is 8.42. The molecule has 0 bridgehead atoms.